The molecule has 4 nitrogen and oxygen atoms in total. The molecule has 0 aliphatic rings. The maximum absolute atomic E-state index is 13.5. The molecule has 1 unspecified atom stereocenters. The van der Waals surface area contributed by atoms with E-state index in [1.807, 2.05) is 13.1 Å². The molecule has 90 valence electrons. The van der Waals surface area contributed by atoms with Crippen LogP contribution in [0.15, 0.2) is 30.5 Å². The lowest BCUT2D eigenvalue weighted by Crippen LogP contribution is -2.20. The average Bonchev–Trinajstić information content (AvgIpc) is 2.75. The number of aromatic nitrogens is 3. The van der Waals surface area contributed by atoms with Gasteiger partial charge < -0.3 is 5.32 Å². The van der Waals surface area contributed by atoms with Gasteiger partial charge in [-0.15, -0.1) is 0 Å². The SMILES string of the molecule is CNC(Cc1ccccc1F)c1cnn(C)n1. The summed E-state index contributed by atoms with van der Waals surface area (Å²) in [6, 6.07) is 6.76. The summed E-state index contributed by atoms with van der Waals surface area (Å²) in [5.41, 5.74) is 1.50. The fraction of sp³-hybridized carbons (Fsp3) is 0.333. The lowest BCUT2D eigenvalue weighted by molar-refractivity contribution is 0.534. The van der Waals surface area contributed by atoms with Gasteiger partial charge in [0.05, 0.1) is 17.9 Å². The summed E-state index contributed by atoms with van der Waals surface area (Å²) in [7, 11) is 3.60. The Morgan fingerprint density at radius 2 is 2.18 bits per heavy atom. The summed E-state index contributed by atoms with van der Waals surface area (Å²) in [6.45, 7) is 0. The highest BCUT2D eigenvalue weighted by atomic mass is 19.1. The Balaban J connectivity index is 2.18. The molecular formula is C12H15FN4. The van der Waals surface area contributed by atoms with Crippen molar-refractivity contribution in [2.75, 3.05) is 7.05 Å². The Kier molecular flexibility index (Phi) is 3.49. The van der Waals surface area contributed by atoms with E-state index in [1.54, 1.807) is 25.4 Å². The first-order valence-corrected chi connectivity index (χ1v) is 5.47. The summed E-state index contributed by atoms with van der Waals surface area (Å²) >= 11 is 0. The van der Waals surface area contributed by atoms with Crippen molar-refractivity contribution in [3.63, 3.8) is 0 Å². The first-order valence-electron chi connectivity index (χ1n) is 5.47. The van der Waals surface area contributed by atoms with Crippen molar-refractivity contribution in [2.45, 2.75) is 12.5 Å². The number of hydrogen-bond acceptors (Lipinski definition) is 3. The zero-order valence-corrected chi connectivity index (χ0v) is 9.89. The maximum atomic E-state index is 13.5. The van der Waals surface area contributed by atoms with E-state index in [4.69, 9.17) is 0 Å². The van der Waals surface area contributed by atoms with Crippen LogP contribution in [0.3, 0.4) is 0 Å². The smallest absolute Gasteiger partial charge is 0.126 e. The maximum Gasteiger partial charge on any atom is 0.126 e. The normalized spacial score (nSPS) is 12.6. The molecule has 2 rings (SSSR count). The number of halogens is 1. The van der Waals surface area contributed by atoms with E-state index in [0.29, 0.717) is 12.0 Å². The Labute approximate surface area is 99.5 Å². The number of likely N-dealkylation sites (N-methyl/N-ethyl adjacent to an activating group) is 1. The second-order valence-corrected chi connectivity index (χ2v) is 3.90. The van der Waals surface area contributed by atoms with Crippen LogP contribution >= 0.6 is 0 Å². The largest absolute Gasteiger partial charge is 0.311 e. The topological polar surface area (TPSA) is 42.7 Å². The van der Waals surface area contributed by atoms with Crippen LogP contribution in [-0.2, 0) is 13.5 Å². The third kappa shape index (κ3) is 2.68. The van der Waals surface area contributed by atoms with Gasteiger partial charge in [-0.25, -0.2) is 4.39 Å². The van der Waals surface area contributed by atoms with Gasteiger partial charge in [-0.3, -0.25) is 0 Å². The van der Waals surface area contributed by atoms with Crippen molar-refractivity contribution < 1.29 is 4.39 Å². The fourth-order valence-corrected chi connectivity index (χ4v) is 1.76. The van der Waals surface area contributed by atoms with E-state index in [-0.39, 0.29) is 11.9 Å². The van der Waals surface area contributed by atoms with E-state index in [0.717, 1.165) is 5.69 Å². The molecule has 0 spiro atoms. The quantitative estimate of drug-likeness (QED) is 0.870. The molecule has 2 aromatic rings. The lowest BCUT2D eigenvalue weighted by atomic mass is 10.0. The molecule has 17 heavy (non-hydrogen) atoms. The monoisotopic (exact) mass is 234 g/mol. The molecule has 0 aliphatic carbocycles. The zero-order chi connectivity index (χ0) is 12.3. The molecule has 0 fully saturated rings. The average molecular weight is 234 g/mol. The third-order valence-corrected chi connectivity index (χ3v) is 2.70. The molecule has 0 bridgehead atoms. The van der Waals surface area contributed by atoms with Crippen molar-refractivity contribution in [3.05, 3.63) is 47.5 Å². The Hall–Kier alpha value is -1.75. The second-order valence-electron chi connectivity index (χ2n) is 3.90. The first kappa shape index (κ1) is 11.7. The highest BCUT2D eigenvalue weighted by molar-refractivity contribution is 5.20. The standard InChI is InChI=1S/C12H15FN4/c1-14-11(12-8-15-17(2)16-12)7-9-5-3-4-6-10(9)13/h3-6,8,11,14H,7H2,1-2H3. The molecule has 0 saturated heterocycles. The molecule has 1 heterocycles. The highest BCUT2D eigenvalue weighted by Gasteiger charge is 2.15. The van der Waals surface area contributed by atoms with Gasteiger partial charge in [-0.1, -0.05) is 18.2 Å². The number of hydrogen-bond donors (Lipinski definition) is 1. The minimum absolute atomic E-state index is 0.0272. The predicted molar refractivity (Wildman–Crippen MR) is 62.9 cm³/mol. The van der Waals surface area contributed by atoms with Crippen LogP contribution in [0.4, 0.5) is 4.39 Å². The molecule has 0 amide bonds. The molecule has 0 saturated carbocycles. The van der Waals surface area contributed by atoms with E-state index < -0.39 is 0 Å². The summed E-state index contributed by atoms with van der Waals surface area (Å²) in [4.78, 5) is 1.50. The predicted octanol–water partition coefficient (Wildman–Crippen LogP) is 1.46. The summed E-state index contributed by atoms with van der Waals surface area (Å²) in [5.74, 6) is -0.184. The van der Waals surface area contributed by atoms with Gasteiger partial charge in [-0.05, 0) is 25.1 Å². The van der Waals surface area contributed by atoms with E-state index >= 15 is 0 Å². The first-order chi connectivity index (χ1) is 8.20. The molecule has 5 heteroatoms. The molecule has 1 atom stereocenters. The molecule has 1 N–H and O–H groups in total. The van der Waals surface area contributed by atoms with Gasteiger partial charge in [0.2, 0.25) is 0 Å². The Morgan fingerprint density at radius 3 is 2.76 bits per heavy atom. The van der Waals surface area contributed by atoms with Gasteiger partial charge in [0.25, 0.3) is 0 Å². The highest BCUT2D eigenvalue weighted by Crippen LogP contribution is 2.17. The number of benzene rings is 1. The number of nitrogens with one attached hydrogen (secondary N) is 1. The minimum atomic E-state index is -0.184. The Morgan fingerprint density at radius 1 is 1.41 bits per heavy atom. The van der Waals surface area contributed by atoms with Gasteiger partial charge >= 0.3 is 0 Å². The van der Waals surface area contributed by atoms with Crippen LogP contribution in [0, 0.1) is 5.82 Å². The van der Waals surface area contributed by atoms with Crippen molar-refractivity contribution >= 4 is 0 Å². The Bertz CT molecular complexity index is 495. The van der Waals surface area contributed by atoms with Crippen LogP contribution in [-0.4, -0.2) is 22.0 Å². The molecule has 1 aromatic heterocycles. The van der Waals surface area contributed by atoms with Crippen molar-refractivity contribution in [3.8, 4) is 0 Å². The van der Waals surface area contributed by atoms with E-state index in [1.165, 1.54) is 10.9 Å². The van der Waals surface area contributed by atoms with Gasteiger partial charge in [-0.2, -0.15) is 15.0 Å². The fourth-order valence-electron chi connectivity index (χ4n) is 1.76. The molecule has 0 aliphatic heterocycles. The second kappa shape index (κ2) is 5.05. The molecule has 1 aromatic carbocycles. The van der Waals surface area contributed by atoms with Gasteiger partial charge in [0.1, 0.15) is 5.82 Å². The van der Waals surface area contributed by atoms with Crippen LogP contribution < -0.4 is 5.32 Å². The summed E-state index contributed by atoms with van der Waals surface area (Å²) in [5, 5.41) is 11.4. The molecular weight excluding hydrogens is 219 g/mol. The zero-order valence-electron chi connectivity index (χ0n) is 9.89. The van der Waals surface area contributed by atoms with Crippen LogP contribution in [0.2, 0.25) is 0 Å². The van der Waals surface area contributed by atoms with Crippen LogP contribution in [0.1, 0.15) is 17.3 Å². The van der Waals surface area contributed by atoms with E-state index in [9.17, 15) is 4.39 Å². The number of rotatable bonds is 4. The van der Waals surface area contributed by atoms with Crippen molar-refractivity contribution in [1.29, 1.82) is 0 Å². The van der Waals surface area contributed by atoms with E-state index in [2.05, 4.69) is 15.5 Å². The van der Waals surface area contributed by atoms with Crippen LogP contribution in [0.5, 0.6) is 0 Å². The number of aryl methyl sites for hydroxylation is 1. The summed E-state index contributed by atoms with van der Waals surface area (Å²) in [6.07, 6.45) is 2.25. The van der Waals surface area contributed by atoms with Crippen molar-refractivity contribution in [1.82, 2.24) is 20.3 Å². The van der Waals surface area contributed by atoms with Gasteiger partial charge in [0.15, 0.2) is 0 Å². The number of nitrogens with zero attached hydrogens (tertiary/aromatic N) is 3. The van der Waals surface area contributed by atoms with Crippen LogP contribution in [0.25, 0.3) is 0 Å². The molecule has 0 radical (unpaired) electrons. The van der Waals surface area contributed by atoms with Crippen molar-refractivity contribution in [2.24, 2.45) is 7.05 Å². The third-order valence-electron chi connectivity index (χ3n) is 2.70. The minimum Gasteiger partial charge on any atom is -0.311 e. The van der Waals surface area contributed by atoms with Gasteiger partial charge in [0, 0.05) is 7.05 Å². The summed E-state index contributed by atoms with van der Waals surface area (Å²) < 4.78 is 13.5. The lowest BCUT2D eigenvalue weighted by Gasteiger charge is -2.13.